The van der Waals surface area contributed by atoms with Crippen LogP contribution >= 0.6 is 0 Å². The molecule has 4 rings (SSSR count). The molecular weight excluding hydrogens is 400 g/mol. The van der Waals surface area contributed by atoms with E-state index in [-0.39, 0.29) is 17.4 Å². The molecule has 0 bridgehead atoms. The lowest BCUT2D eigenvalue weighted by molar-refractivity contribution is 0.0909. The second-order valence-corrected chi connectivity index (χ2v) is 10.8. The Kier molecular flexibility index (Phi) is 6.57. The molecule has 0 saturated carbocycles. The molecule has 1 saturated heterocycles. The van der Waals surface area contributed by atoms with Gasteiger partial charge in [-0.1, -0.05) is 39.8 Å². The number of aliphatic hydroxyl groups is 2. The first-order valence-corrected chi connectivity index (χ1v) is 12.0. The normalized spacial score (nSPS) is 21.2. The quantitative estimate of drug-likeness (QED) is 0.641. The van der Waals surface area contributed by atoms with Gasteiger partial charge in [0.15, 0.2) is 0 Å². The maximum Gasteiger partial charge on any atom is 0.225 e. The minimum atomic E-state index is -0.694. The van der Waals surface area contributed by atoms with Crippen molar-refractivity contribution in [1.82, 2.24) is 15.3 Å². The topological polar surface area (TPSA) is 81.5 Å². The van der Waals surface area contributed by atoms with Crippen molar-refractivity contribution in [2.45, 2.75) is 76.4 Å². The Morgan fingerprint density at radius 3 is 2.44 bits per heavy atom. The summed E-state index contributed by atoms with van der Waals surface area (Å²) in [5, 5.41) is 21.9. The Labute approximate surface area is 192 Å². The molecule has 1 fully saturated rings. The van der Waals surface area contributed by atoms with E-state index in [1.807, 2.05) is 12.3 Å². The predicted molar refractivity (Wildman–Crippen MR) is 129 cm³/mol. The highest BCUT2D eigenvalue weighted by molar-refractivity contribution is 5.64. The number of nitrogens with one attached hydrogen (secondary N) is 1. The summed E-state index contributed by atoms with van der Waals surface area (Å²) >= 11 is 0. The number of benzene rings is 1. The monoisotopic (exact) mass is 438 g/mol. The first-order chi connectivity index (χ1) is 15.2. The maximum atomic E-state index is 9.55. The Balaban J connectivity index is 1.50. The zero-order chi connectivity index (χ0) is 22.9. The van der Waals surface area contributed by atoms with E-state index in [4.69, 9.17) is 10.1 Å². The molecule has 2 aromatic rings. The number of aliphatic hydroxyl groups excluding tert-OH is 2. The van der Waals surface area contributed by atoms with Crippen LogP contribution in [0.15, 0.2) is 30.5 Å². The van der Waals surface area contributed by atoms with Crippen LogP contribution in [0.3, 0.4) is 0 Å². The molecule has 2 heterocycles. The third-order valence-corrected chi connectivity index (χ3v) is 7.42. The zero-order valence-electron chi connectivity index (χ0n) is 19.9. The van der Waals surface area contributed by atoms with Gasteiger partial charge in [-0.05, 0) is 59.8 Å². The fourth-order valence-electron chi connectivity index (χ4n) is 5.06. The summed E-state index contributed by atoms with van der Waals surface area (Å²) in [6, 6.07) is 9.24. The van der Waals surface area contributed by atoms with Crippen LogP contribution in [0.25, 0.3) is 11.3 Å². The van der Waals surface area contributed by atoms with E-state index >= 15 is 0 Å². The average molecular weight is 439 g/mol. The van der Waals surface area contributed by atoms with E-state index in [9.17, 15) is 5.11 Å². The highest BCUT2D eigenvalue weighted by Crippen LogP contribution is 2.46. The molecule has 1 aromatic carbocycles. The van der Waals surface area contributed by atoms with E-state index < -0.39 is 6.10 Å². The van der Waals surface area contributed by atoms with Crippen molar-refractivity contribution in [3.05, 3.63) is 41.6 Å². The Morgan fingerprint density at radius 2 is 1.75 bits per heavy atom. The molecule has 1 atom stereocenters. The number of piperidine rings is 1. The fraction of sp³-hybridized carbons (Fsp3) is 0.615. The third-order valence-electron chi connectivity index (χ3n) is 7.42. The first kappa shape index (κ1) is 23.1. The molecule has 0 unspecified atom stereocenters. The van der Waals surface area contributed by atoms with Crippen LogP contribution < -0.4 is 10.2 Å². The van der Waals surface area contributed by atoms with E-state index in [1.165, 1.54) is 24.0 Å². The number of hydrogen-bond donors (Lipinski definition) is 3. The molecule has 1 aliphatic heterocycles. The van der Waals surface area contributed by atoms with Gasteiger partial charge in [-0.15, -0.1) is 0 Å². The summed E-state index contributed by atoms with van der Waals surface area (Å²) in [5.74, 6) is 0.786. The maximum absolute atomic E-state index is 9.55. The van der Waals surface area contributed by atoms with Crippen LogP contribution in [0.1, 0.15) is 64.5 Å². The summed E-state index contributed by atoms with van der Waals surface area (Å²) in [6.07, 6.45) is 5.52. The van der Waals surface area contributed by atoms with Gasteiger partial charge in [0.2, 0.25) is 5.95 Å². The van der Waals surface area contributed by atoms with Crippen LogP contribution in [0, 0.1) is 0 Å². The smallest absolute Gasteiger partial charge is 0.225 e. The van der Waals surface area contributed by atoms with Gasteiger partial charge in [-0.3, -0.25) is 0 Å². The Bertz CT molecular complexity index is 935. The molecule has 6 heteroatoms. The van der Waals surface area contributed by atoms with E-state index in [1.54, 1.807) is 0 Å². The average Bonchev–Trinajstić information content (AvgIpc) is 2.81. The summed E-state index contributed by atoms with van der Waals surface area (Å²) in [7, 11) is 0. The zero-order valence-corrected chi connectivity index (χ0v) is 19.9. The Hall–Kier alpha value is -2.02. The molecule has 174 valence electrons. The summed E-state index contributed by atoms with van der Waals surface area (Å²) in [4.78, 5) is 11.7. The molecule has 2 aliphatic rings. The van der Waals surface area contributed by atoms with Crippen molar-refractivity contribution in [1.29, 1.82) is 0 Å². The number of rotatable bonds is 6. The minimum Gasteiger partial charge on any atom is -0.394 e. The second-order valence-electron chi connectivity index (χ2n) is 10.8. The number of hydrogen-bond acceptors (Lipinski definition) is 6. The summed E-state index contributed by atoms with van der Waals surface area (Å²) in [5.41, 5.74) is 5.44. The van der Waals surface area contributed by atoms with Crippen LogP contribution in [0.2, 0.25) is 0 Å². The number of anilines is 1. The van der Waals surface area contributed by atoms with Gasteiger partial charge in [-0.25, -0.2) is 9.97 Å². The SMILES string of the molecule is CC1(C)CCC(C)(C)c2cc(-c3ccnc(N4CCC(NC[C@@H](O)CO)CC4)n3)ccc21. The molecule has 0 spiro atoms. The summed E-state index contributed by atoms with van der Waals surface area (Å²) in [6.45, 7) is 11.4. The van der Waals surface area contributed by atoms with E-state index in [0.717, 1.165) is 43.1 Å². The van der Waals surface area contributed by atoms with Crippen LogP contribution in [0.4, 0.5) is 5.95 Å². The molecule has 3 N–H and O–H groups in total. The molecule has 1 aromatic heterocycles. The number of nitrogens with zero attached hydrogens (tertiary/aromatic N) is 3. The lowest BCUT2D eigenvalue weighted by Gasteiger charge is -2.42. The van der Waals surface area contributed by atoms with Crippen LogP contribution in [-0.4, -0.2) is 58.6 Å². The molecule has 32 heavy (non-hydrogen) atoms. The van der Waals surface area contributed by atoms with Gasteiger partial charge in [-0.2, -0.15) is 0 Å². The van der Waals surface area contributed by atoms with Gasteiger partial charge in [0, 0.05) is 37.4 Å². The van der Waals surface area contributed by atoms with Gasteiger partial charge in [0.05, 0.1) is 18.4 Å². The van der Waals surface area contributed by atoms with Crippen molar-refractivity contribution >= 4 is 5.95 Å². The van der Waals surface area contributed by atoms with Crippen molar-refractivity contribution < 1.29 is 10.2 Å². The summed E-state index contributed by atoms with van der Waals surface area (Å²) < 4.78 is 0. The molecule has 1 aliphatic carbocycles. The van der Waals surface area contributed by atoms with Crippen LogP contribution in [-0.2, 0) is 10.8 Å². The Morgan fingerprint density at radius 1 is 1.06 bits per heavy atom. The highest BCUT2D eigenvalue weighted by atomic mass is 16.3. The van der Waals surface area contributed by atoms with E-state index in [2.05, 4.69) is 61.1 Å². The lowest BCUT2D eigenvalue weighted by atomic mass is 9.63. The fourth-order valence-corrected chi connectivity index (χ4v) is 5.06. The van der Waals surface area contributed by atoms with Gasteiger partial charge >= 0.3 is 0 Å². The van der Waals surface area contributed by atoms with Crippen molar-refractivity contribution in [2.24, 2.45) is 0 Å². The lowest BCUT2D eigenvalue weighted by Crippen LogP contribution is -2.45. The third kappa shape index (κ3) is 4.82. The van der Waals surface area contributed by atoms with Gasteiger partial charge in [0.25, 0.3) is 0 Å². The van der Waals surface area contributed by atoms with E-state index in [0.29, 0.717) is 12.6 Å². The number of aromatic nitrogens is 2. The van der Waals surface area contributed by atoms with Gasteiger partial charge < -0.3 is 20.4 Å². The van der Waals surface area contributed by atoms with Gasteiger partial charge in [0.1, 0.15) is 0 Å². The standard InChI is InChI=1S/C26H38N4O2/c1-25(2)10-11-26(3,4)22-15-18(5-6-21(22)25)23-7-12-27-24(29-23)30-13-8-19(9-14-30)28-16-20(32)17-31/h5-7,12,15,19-20,28,31-32H,8-11,13-14,16-17H2,1-4H3/t20-/m1/s1. The number of fused-ring (bicyclic) bond motifs is 1. The predicted octanol–water partition coefficient (Wildman–Crippen LogP) is 3.40. The first-order valence-electron chi connectivity index (χ1n) is 12.0. The molecule has 0 radical (unpaired) electrons. The molecule has 0 amide bonds. The van der Waals surface area contributed by atoms with Crippen molar-refractivity contribution in [3.8, 4) is 11.3 Å². The molecular formula is C26H38N4O2. The second kappa shape index (κ2) is 9.08. The minimum absolute atomic E-state index is 0.176. The largest absolute Gasteiger partial charge is 0.394 e. The van der Waals surface area contributed by atoms with Crippen LogP contribution in [0.5, 0.6) is 0 Å². The van der Waals surface area contributed by atoms with Crippen molar-refractivity contribution in [3.63, 3.8) is 0 Å². The molecule has 6 nitrogen and oxygen atoms in total. The van der Waals surface area contributed by atoms with Crippen molar-refractivity contribution in [2.75, 3.05) is 31.1 Å². The highest BCUT2D eigenvalue weighted by Gasteiger charge is 2.37.